The van der Waals surface area contributed by atoms with Crippen LogP contribution in [0.2, 0.25) is 0 Å². The fourth-order valence-electron chi connectivity index (χ4n) is 3.21. The normalized spacial score (nSPS) is 18.9. The largest absolute Gasteiger partial charge is 0.380 e. The van der Waals surface area contributed by atoms with E-state index in [1.54, 1.807) is 7.11 Å². The highest BCUT2D eigenvalue weighted by Gasteiger charge is 2.26. The number of nitrogens with one attached hydrogen (secondary N) is 1. The summed E-state index contributed by atoms with van der Waals surface area (Å²) in [7, 11) is 1.71. The van der Waals surface area contributed by atoms with Crippen molar-refractivity contribution in [2.75, 3.05) is 20.2 Å². The van der Waals surface area contributed by atoms with E-state index in [4.69, 9.17) is 4.74 Å². The molecule has 2 aromatic carbocycles. The van der Waals surface area contributed by atoms with Crippen LogP contribution >= 0.6 is 0 Å². The molecule has 1 aliphatic rings. The van der Waals surface area contributed by atoms with Gasteiger partial charge < -0.3 is 10.1 Å². The predicted octanol–water partition coefficient (Wildman–Crippen LogP) is 2.90. The molecule has 1 fully saturated rings. The Morgan fingerprint density at radius 3 is 2.50 bits per heavy atom. The predicted molar refractivity (Wildman–Crippen MR) is 94.4 cm³/mol. The van der Waals surface area contributed by atoms with Crippen molar-refractivity contribution < 1.29 is 9.53 Å². The summed E-state index contributed by atoms with van der Waals surface area (Å²) in [6.45, 7) is 3.02. The second-order valence-electron chi connectivity index (χ2n) is 6.20. The molecule has 1 aliphatic heterocycles. The lowest BCUT2D eigenvalue weighted by atomic mass is 10.0. The van der Waals surface area contributed by atoms with Gasteiger partial charge in [-0.1, -0.05) is 54.6 Å². The third kappa shape index (κ3) is 4.22. The Balaban J connectivity index is 1.78. The third-order valence-electron chi connectivity index (χ3n) is 4.44. The Kier molecular flexibility index (Phi) is 5.62. The van der Waals surface area contributed by atoms with Crippen LogP contribution in [0.15, 0.2) is 54.6 Å². The first-order valence-electron chi connectivity index (χ1n) is 8.38. The highest BCUT2D eigenvalue weighted by atomic mass is 16.5. The van der Waals surface area contributed by atoms with Crippen molar-refractivity contribution in [3.63, 3.8) is 0 Å². The molecule has 24 heavy (non-hydrogen) atoms. The first-order valence-corrected chi connectivity index (χ1v) is 8.38. The number of benzene rings is 2. The van der Waals surface area contributed by atoms with Crippen LogP contribution in [0.4, 0.5) is 0 Å². The Hall–Kier alpha value is -2.17. The molecule has 2 aromatic rings. The van der Waals surface area contributed by atoms with E-state index in [1.165, 1.54) is 16.7 Å². The summed E-state index contributed by atoms with van der Waals surface area (Å²) >= 11 is 0. The quantitative estimate of drug-likeness (QED) is 0.919. The molecule has 1 atom stereocenters. The molecule has 0 unspecified atom stereocenters. The summed E-state index contributed by atoms with van der Waals surface area (Å²) in [5.74, 6) is 0.127. The first kappa shape index (κ1) is 16.7. The van der Waals surface area contributed by atoms with E-state index in [9.17, 15) is 4.79 Å². The van der Waals surface area contributed by atoms with Crippen molar-refractivity contribution in [3.05, 3.63) is 71.3 Å². The van der Waals surface area contributed by atoms with Gasteiger partial charge in [-0.25, -0.2) is 0 Å². The van der Waals surface area contributed by atoms with Gasteiger partial charge >= 0.3 is 0 Å². The van der Waals surface area contributed by atoms with Crippen molar-refractivity contribution >= 4 is 5.91 Å². The number of amides is 1. The summed E-state index contributed by atoms with van der Waals surface area (Å²) < 4.78 is 5.16. The summed E-state index contributed by atoms with van der Waals surface area (Å²) in [6.07, 6.45) is 0.506. The van der Waals surface area contributed by atoms with E-state index in [2.05, 4.69) is 46.6 Å². The van der Waals surface area contributed by atoms with Crippen molar-refractivity contribution in [3.8, 4) is 0 Å². The van der Waals surface area contributed by atoms with Gasteiger partial charge in [0.15, 0.2) is 0 Å². The van der Waals surface area contributed by atoms with Gasteiger partial charge in [-0.15, -0.1) is 0 Å². The fourth-order valence-corrected chi connectivity index (χ4v) is 3.21. The van der Waals surface area contributed by atoms with Gasteiger partial charge in [0.2, 0.25) is 5.91 Å². The molecule has 3 rings (SSSR count). The number of hydrogen-bond donors (Lipinski definition) is 1. The summed E-state index contributed by atoms with van der Waals surface area (Å²) in [5.41, 5.74) is 3.63. The molecule has 1 heterocycles. The minimum absolute atomic E-state index is 0.118. The van der Waals surface area contributed by atoms with E-state index >= 15 is 0 Å². The van der Waals surface area contributed by atoms with Crippen molar-refractivity contribution in [2.45, 2.75) is 25.6 Å². The minimum atomic E-state index is 0.118. The average Bonchev–Trinajstić information content (AvgIpc) is 2.79. The molecule has 0 radical (unpaired) electrons. The molecule has 0 saturated carbocycles. The summed E-state index contributed by atoms with van der Waals surface area (Å²) in [4.78, 5) is 14.4. The Bertz CT molecular complexity index is 655. The van der Waals surface area contributed by atoms with Crippen LogP contribution in [0.25, 0.3) is 0 Å². The van der Waals surface area contributed by atoms with Gasteiger partial charge in [0.25, 0.3) is 0 Å². The van der Waals surface area contributed by atoms with Crippen LogP contribution in [0.5, 0.6) is 0 Å². The van der Waals surface area contributed by atoms with Gasteiger partial charge in [0.1, 0.15) is 0 Å². The molecule has 1 N–H and O–H groups in total. The summed E-state index contributed by atoms with van der Waals surface area (Å²) in [6, 6.07) is 18.9. The molecule has 1 amide bonds. The van der Waals surface area contributed by atoms with Gasteiger partial charge in [-0.05, 0) is 16.7 Å². The van der Waals surface area contributed by atoms with E-state index in [1.807, 2.05) is 18.2 Å². The molecule has 0 spiro atoms. The molecule has 0 bridgehead atoms. The van der Waals surface area contributed by atoms with Crippen LogP contribution in [0.1, 0.15) is 29.2 Å². The van der Waals surface area contributed by atoms with Gasteiger partial charge in [-0.3, -0.25) is 9.69 Å². The number of carbonyl (C=O) groups is 1. The van der Waals surface area contributed by atoms with Crippen LogP contribution in [0, 0.1) is 0 Å². The number of methoxy groups -OCH3 is 1. The Labute approximate surface area is 143 Å². The van der Waals surface area contributed by atoms with Gasteiger partial charge in [0, 0.05) is 39.2 Å². The Morgan fingerprint density at radius 2 is 1.79 bits per heavy atom. The standard InChI is InChI=1S/C20H24N2O2/c1-24-15-17-9-7-16(8-10-17)14-22-12-11-21-20(23)13-19(22)18-5-3-2-4-6-18/h2-10,19H,11-15H2,1H3,(H,21,23)/t19-/m1/s1. The lowest BCUT2D eigenvalue weighted by Gasteiger charge is -2.29. The lowest BCUT2D eigenvalue weighted by molar-refractivity contribution is -0.121. The van der Waals surface area contributed by atoms with Gasteiger partial charge in [0.05, 0.1) is 6.61 Å². The van der Waals surface area contributed by atoms with E-state index in [-0.39, 0.29) is 11.9 Å². The SMILES string of the molecule is COCc1ccc(CN2CCNC(=O)C[C@@H]2c2ccccc2)cc1. The average molecular weight is 324 g/mol. The number of ether oxygens (including phenoxy) is 1. The maximum absolute atomic E-state index is 12.0. The number of carbonyl (C=O) groups excluding carboxylic acids is 1. The smallest absolute Gasteiger partial charge is 0.221 e. The van der Waals surface area contributed by atoms with Crippen LogP contribution in [-0.2, 0) is 22.7 Å². The molecule has 0 aliphatic carbocycles. The fraction of sp³-hybridized carbons (Fsp3) is 0.350. The zero-order chi connectivity index (χ0) is 16.8. The highest BCUT2D eigenvalue weighted by Crippen LogP contribution is 2.27. The van der Waals surface area contributed by atoms with Crippen LogP contribution < -0.4 is 5.32 Å². The van der Waals surface area contributed by atoms with Crippen molar-refractivity contribution in [1.29, 1.82) is 0 Å². The van der Waals surface area contributed by atoms with E-state index in [0.717, 1.165) is 13.1 Å². The van der Waals surface area contributed by atoms with Crippen LogP contribution in [-0.4, -0.2) is 31.0 Å². The van der Waals surface area contributed by atoms with E-state index < -0.39 is 0 Å². The third-order valence-corrected chi connectivity index (χ3v) is 4.44. The topological polar surface area (TPSA) is 41.6 Å². The monoisotopic (exact) mass is 324 g/mol. The summed E-state index contributed by atoms with van der Waals surface area (Å²) in [5, 5.41) is 2.99. The molecule has 0 aromatic heterocycles. The zero-order valence-corrected chi connectivity index (χ0v) is 14.1. The number of nitrogens with zero attached hydrogens (tertiary/aromatic N) is 1. The lowest BCUT2D eigenvalue weighted by Crippen LogP contribution is -2.30. The number of hydrogen-bond acceptors (Lipinski definition) is 3. The minimum Gasteiger partial charge on any atom is -0.380 e. The maximum atomic E-state index is 12.0. The first-order chi connectivity index (χ1) is 11.8. The number of rotatable bonds is 5. The zero-order valence-electron chi connectivity index (χ0n) is 14.1. The molecule has 4 heteroatoms. The van der Waals surface area contributed by atoms with Crippen LogP contribution in [0.3, 0.4) is 0 Å². The van der Waals surface area contributed by atoms with E-state index in [0.29, 0.717) is 19.6 Å². The second kappa shape index (κ2) is 8.08. The molecule has 126 valence electrons. The molecule has 4 nitrogen and oxygen atoms in total. The Morgan fingerprint density at radius 1 is 1.08 bits per heavy atom. The van der Waals surface area contributed by atoms with Gasteiger partial charge in [-0.2, -0.15) is 0 Å². The molecular formula is C20H24N2O2. The molecular weight excluding hydrogens is 300 g/mol. The van der Waals surface area contributed by atoms with Crippen molar-refractivity contribution in [2.24, 2.45) is 0 Å². The van der Waals surface area contributed by atoms with Crippen molar-refractivity contribution in [1.82, 2.24) is 10.2 Å². The maximum Gasteiger partial charge on any atom is 0.221 e. The molecule has 1 saturated heterocycles. The second-order valence-corrected chi connectivity index (χ2v) is 6.20. The highest BCUT2D eigenvalue weighted by molar-refractivity contribution is 5.77.